The van der Waals surface area contributed by atoms with E-state index in [9.17, 15) is 22.8 Å². The van der Waals surface area contributed by atoms with Gasteiger partial charge in [-0.3, -0.25) is 9.52 Å². The van der Waals surface area contributed by atoms with Crippen LogP contribution in [0.4, 0.5) is 10.5 Å². The Morgan fingerprint density at radius 2 is 1.40 bits per heavy atom. The molecule has 11 heteroatoms. The number of hydrogen-bond donors (Lipinski definition) is 3. The fourth-order valence-corrected chi connectivity index (χ4v) is 3.64. The molecular formula is C24H31N3O7S. The molecule has 0 bridgehead atoms. The van der Waals surface area contributed by atoms with E-state index in [0.717, 1.165) is 17.4 Å². The van der Waals surface area contributed by atoms with Gasteiger partial charge in [-0.05, 0) is 63.1 Å². The predicted molar refractivity (Wildman–Crippen MR) is 132 cm³/mol. The second-order valence-electron chi connectivity index (χ2n) is 8.94. The summed E-state index contributed by atoms with van der Waals surface area (Å²) in [6.45, 7) is 6.68. The third-order valence-corrected chi connectivity index (χ3v) is 5.26. The molecule has 0 spiro atoms. The van der Waals surface area contributed by atoms with Gasteiger partial charge in [0.05, 0.1) is 19.4 Å². The minimum Gasteiger partial charge on any atom is -0.467 e. The van der Waals surface area contributed by atoms with Gasteiger partial charge in [0.15, 0.2) is 0 Å². The molecule has 2 amide bonds. The average molecular weight is 506 g/mol. The van der Waals surface area contributed by atoms with E-state index in [1.165, 1.54) is 7.11 Å². The van der Waals surface area contributed by atoms with E-state index in [0.29, 0.717) is 11.3 Å². The van der Waals surface area contributed by atoms with Crippen molar-refractivity contribution in [2.75, 3.05) is 18.1 Å². The number of esters is 1. The number of nitrogens with one attached hydrogen (secondary N) is 3. The van der Waals surface area contributed by atoms with Crippen molar-refractivity contribution in [3.8, 4) is 11.1 Å². The minimum absolute atomic E-state index is 0.294. The summed E-state index contributed by atoms with van der Waals surface area (Å²) in [5.74, 6) is -1.25. The highest BCUT2D eigenvalue weighted by molar-refractivity contribution is 7.92. The first-order valence-electron chi connectivity index (χ1n) is 10.7. The second kappa shape index (κ2) is 11.2. The van der Waals surface area contributed by atoms with Crippen LogP contribution in [0.5, 0.6) is 0 Å². The van der Waals surface area contributed by atoms with Crippen LogP contribution in [0.15, 0.2) is 48.5 Å². The van der Waals surface area contributed by atoms with Crippen LogP contribution in [0.2, 0.25) is 0 Å². The smallest absolute Gasteiger partial charge is 0.407 e. The molecule has 2 rings (SSSR count). The van der Waals surface area contributed by atoms with Gasteiger partial charge in [-0.2, -0.15) is 0 Å². The van der Waals surface area contributed by atoms with Crippen molar-refractivity contribution < 1.29 is 32.3 Å². The number of alkyl carbamates (subject to hydrolysis) is 1. The van der Waals surface area contributed by atoms with E-state index in [1.807, 2.05) is 0 Å². The molecule has 190 valence electrons. The number of rotatable bonds is 8. The van der Waals surface area contributed by atoms with Crippen LogP contribution in [0.3, 0.4) is 0 Å². The van der Waals surface area contributed by atoms with Gasteiger partial charge < -0.3 is 20.1 Å². The van der Waals surface area contributed by atoms with Gasteiger partial charge >= 0.3 is 12.1 Å². The number of anilines is 1. The minimum atomic E-state index is -3.37. The normalized spacial score (nSPS) is 13.2. The fraction of sp³-hybridized carbons (Fsp3) is 0.375. The Labute approximate surface area is 205 Å². The number of carbonyl (C=O) groups excluding carboxylic acids is 3. The monoisotopic (exact) mass is 505 g/mol. The topological polar surface area (TPSA) is 140 Å². The Morgan fingerprint density at radius 1 is 0.886 bits per heavy atom. The summed E-state index contributed by atoms with van der Waals surface area (Å²) >= 11 is 0. The lowest BCUT2D eigenvalue weighted by atomic mass is 10.0. The van der Waals surface area contributed by atoms with E-state index in [-0.39, 0.29) is 0 Å². The molecule has 35 heavy (non-hydrogen) atoms. The number of ether oxygens (including phenoxy) is 2. The van der Waals surface area contributed by atoms with Crippen molar-refractivity contribution in [3.05, 3.63) is 54.1 Å². The number of sulfonamides is 1. The van der Waals surface area contributed by atoms with Crippen molar-refractivity contribution in [1.29, 1.82) is 0 Å². The summed E-state index contributed by atoms with van der Waals surface area (Å²) in [7, 11) is -2.18. The molecule has 0 unspecified atom stereocenters. The molecule has 0 aliphatic rings. The standard InChI is InChI=1S/C24H31N3O7S/c1-15(25-23(30)34-24(2,3)4)20(22(29)33-5)26-21(28)18-9-7-16(8-10-18)17-11-13-19(14-12-17)27-35(6,31)32/h7-15,20,27H,1-6H3,(H,25,30)(H,26,28)/t15-,20+/m1/s1. The fourth-order valence-electron chi connectivity index (χ4n) is 3.08. The van der Waals surface area contributed by atoms with Gasteiger partial charge in [0.2, 0.25) is 10.0 Å². The largest absolute Gasteiger partial charge is 0.467 e. The molecule has 0 heterocycles. The molecule has 0 saturated heterocycles. The van der Waals surface area contributed by atoms with Crippen LogP contribution in [-0.2, 0) is 24.3 Å². The Kier molecular flexibility index (Phi) is 8.86. The van der Waals surface area contributed by atoms with Gasteiger partial charge in [-0.25, -0.2) is 18.0 Å². The maximum atomic E-state index is 12.8. The van der Waals surface area contributed by atoms with Gasteiger partial charge in [0.25, 0.3) is 5.91 Å². The SMILES string of the molecule is COC(=O)[C@@H](NC(=O)c1ccc(-c2ccc(NS(C)(=O)=O)cc2)cc1)[C@@H](C)NC(=O)OC(C)(C)C. The lowest BCUT2D eigenvalue weighted by Gasteiger charge is -2.26. The summed E-state index contributed by atoms with van der Waals surface area (Å²) in [5.41, 5.74) is 1.63. The van der Waals surface area contributed by atoms with E-state index in [2.05, 4.69) is 15.4 Å². The summed E-state index contributed by atoms with van der Waals surface area (Å²) < 4.78 is 35.1. The zero-order chi connectivity index (χ0) is 26.4. The maximum Gasteiger partial charge on any atom is 0.407 e. The first kappa shape index (κ1) is 27.6. The van der Waals surface area contributed by atoms with Gasteiger partial charge in [-0.1, -0.05) is 24.3 Å². The highest BCUT2D eigenvalue weighted by Crippen LogP contribution is 2.22. The molecule has 0 saturated carbocycles. The molecule has 0 aromatic heterocycles. The zero-order valence-corrected chi connectivity index (χ0v) is 21.4. The van der Waals surface area contributed by atoms with Crippen LogP contribution in [0.1, 0.15) is 38.1 Å². The highest BCUT2D eigenvalue weighted by atomic mass is 32.2. The Bertz CT molecular complexity index is 1160. The van der Waals surface area contributed by atoms with Crippen LogP contribution < -0.4 is 15.4 Å². The molecular weight excluding hydrogens is 474 g/mol. The summed E-state index contributed by atoms with van der Waals surface area (Å²) in [6.07, 6.45) is 0.347. The van der Waals surface area contributed by atoms with Gasteiger partial charge in [0.1, 0.15) is 11.6 Å². The number of methoxy groups -OCH3 is 1. The van der Waals surface area contributed by atoms with E-state index >= 15 is 0 Å². The van der Waals surface area contributed by atoms with Crippen molar-refractivity contribution in [1.82, 2.24) is 10.6 Å². The molecule has 2 atom stereocenters. The first-order valence-corrected chi connectivity index (χ1v) is 12.6. The summed E-state index contributed by atoms with van der Waals surface area (Å²) in [5, 5.41) is 5.13. The third kappa shape index (κ3) is 8.93. The quantitative estimate of drug-likeness (QED) is 0.469. The van der Waals surface area contributed by atoms with E-state index in [1.54, 1.807) is 76.2 Å². The highest BCUT2D eigenvalue weighted by Gasteiger charge is 2.30. The molecule has 0 aliphatic heterocycles. The molecule has 10 nitrogen and oxygen atoms in total. The van der Waals surface area contributed by atoms with Crippen molar-refractivity contribution in [2.24, 2.45) is 0 Å². The zero-order valence-electron chi connectivity index (χ0n) is 20.5. The van der Waals surface area contributed by atoms with Crippen molar-refractivity contribution >= 4 is 33.7 Å². The number of benzene rings is 2. The van der Waals surface area contributed by atoms with E-state index < -0.39 is 45.7 Å². The van der Waals surface area contributed by atoms with Crippen LogP contribution >= 0.6 is 0 Å². The number of hydrogen-bond acceptors (Lipinski definition) is 7. The van der Waals surface area contributed by atoms with Crippen molar-refractivity contribution in [2.45, 2.75) is 45.4 Å². The molecule has 0 radical (unpaired) electrons. The van der Waals surface area contributed by atoms with Crippen molar-refractivity contribution in [3.63, 3.8) is 0 Å². The molecule has 0 aliphatic carbocycles. The summed E-state index contributed by atoms with van der Waals surface area (Å²) in [4.78, 5) is 37.1. The molecule has 2 aromatic carbocycles. The van der Waals surface area contributed by atoms with Crippen LogP contribution in [-0.4, -0.2) is 57.4 Å². The molecule has 2 aromatic rings. The van der Waals surface area contributed by atoms with Crippen LogP contribution in [0, 0.1) is 0 Å². The number of amides is 2. The summed E-state index contributed by atoms with van der Waals surface area (Å²) in [6, 6.07) is 11.5. The van der Waals surface area contributed by atoms with Crippen LogP contribution in [0.25, 0.3) is 11.1 Å². The van der Waals surface area contributed by atoms with E-state index in [4.69, 9.17) is 9.47 Å². The van der Waals surface area contributed by atoms with Gasteiger partial charge in [-0.15, -0.1) is 0 Å². The average Bonchev–Trinajstić information content (AvgIpc) is 2.75. The second-order valence-corrected chi connectivity index (χ2v) is 10.7. The Balaban J connectivity index is 2.10. The lowest BCUT2D eigenvalue weighted by molar-refractivity contribution is -0.143. The lowest BCUT2D eigenvalue weighted by Crippen LogP contribution is -2.55. The third-order valence-electron chi connectivity index (χ3n) is 4.65. The molecule has 3 N–H and O–H groups in total. The Morgan fingerprint density at radius 3 is 1.86 bits per heavy atom. The van der Waals surface area contributed by atoms with Gasteiger partial charge in [0, 0.05) is 11.3 Å². The Hall–Kier alpha value is -3.60. The molecule has 0 fully saturated rings. The number of carbonyl (C=O) groups is 3. The predicted octanol–water partition coefficient (Wildman–Crippen LogP) is 2.91. The first-order chi connectivity index (χ1) is 16.2. The maximum absolute atomic E-state index is 12.8.